The summed E-state index contributed by atoms with van der Waals surface area (Å²) >= 11 is 0. The number of hydrogen-bond acceptors (Lipinski definition) is 5. The minimum atomic E-state index is -4.19. The Morgan fingerprint density at radius 2 is 2.05 bits per heavy atom. The van der Waals surface area contributed by atoms with Gasteiger partial charge in [-0.1, -0.05) is 0 Å². The van der Waals surface area contributed by atoms with Crippen LogP contribution in [0.2, 0.25) is 0 Å². The van der Waals surface area contributed by atoms with Crippen molar-refractivity contribution in [3.63, 3.8) is 0 Å². The molecule has 0 aliphatic carbocycles. The predicted octanol–water partition coefficient (Wildman–Crippen LogP) is 2.15. The summed E-state index contributed by atoms with van der Waals surface area (Å²) in [5, 5.41) is 12.6. The van der Waals surface area contributed by atoms with Gasteiger partial charge in [0.25, 0.3) is 0 Å². The van der Waals surface area contributed by atoms with Crippen LogP contribution in [-0.4, -0.2) is 39.4 Å². The van der Waals surface area contributed by atoms with Crippen molar-refractivity contribution < 1.29 is 13.2 Å². The molecule has 0 saturated carbocycles. The fourth-order valence-corrected chi connectivity index (χ4v) is 1.53. The van der Waals surface area contributed by atoms with Gasteiger partial charge in [-0.2, -0.15) is 28.2 Å². The summed E-state index contributed by atoms with van der Waals surface area (Å²) in [6.07, 6.45) is -3.64. The van der Waals surface area contributed by atoms with E-state index in [-0.39, 0.29) is 6.54 Å². The molecule has 104 valence electrons. The molecule has 9 heteroatoms. The average molecular weight is 274 g/mol. The van der Waals surface area contributed by atoms with Crippen LogP contribution in [-0.2, 0) is 0 Å². The number of nitrogens with one attached hydrogen (secondary N) is 3. The molecule has 0 amide bonds. The first kappa shape index (κ1) is 13.4. The highest BCUT2D eigenvalue weighted by atomic mass is 19.4. The van der Waals surface area contributed by atoms with E-state index in [1.165, 1.54) is 6.20 Å². The molecule has 19 heavy (non-hydrogen) atoms. The molecule has 0 radical (unpaired) electrons. The molecular weight excluding hydrogens is 261 g/mol. The Morgan fingerprint density at radius 1 is 1.26 bits per heavy atom. The van der Waals surface area contributed by atoms with Gasteiger partial charge in [0.2, 0.25) is 5.95 Å². The fourth-order valence-electron chi connectivity index (χ4n) is 1.53. The van der Waals surface area contributed by atoms with Crippen molar-refractivity contribution in [3.05, 3.63) is 6.20 Å². The molecule has 0 bridgehead atoms. The van der Waals surface area contributed by atoms with Gasteiger partial charge in [-0.3, -0.25) is 5.10 Å². The Hall–Kier alpha value is -2.06. The van der Waals surface area contributed by atoms with Gasteiger partial charge in [0.1, 0.15) is 5.82 Å². The van der Waals surface area contributed by atoms with Crippen molar-refractivity contribution in [1.82, 2.24) is 20.2 Å². The molecule has 3 N–H and O–H groups in total. The first-order valence-corrected chi connectivity index (χ1v) is 5.75. The van der Waals surface area contributed by atoms with Crippen molar-refractivity contribution >= 4 is 22.8 Å². The maximum atomic E-state index is 12.1. The van der Waals surface area contributed by atoms with E-state index in [9.17, 15) is 13.2 Å². The largest absolute Gasteiger partial charge is 0.390 e. The van der Waals surface area contributed by atoms with Crippen LogP contribution in [0.4, 0.5) is 24.9 Å². The molecule has 2 aromatic rings. The molecule has 0 spiro atoms. The SMILES string of the molecule is CCNc1nc(NCCC(F)(F)F)c2cn[nH]c2n1. The van der Waals surface area contributed by atoms with E-state index in [0.717, 1.165) is 0 Å². The van der Waals surface area contributed by atoms with Crippen LogP contribution in [0.25, 0.3) is 11.0 Å². The fraction of sp³-hybridized carbons (Fsp3) is 0.500. The molecule has 0 unspecified atom stereocenters. The Balaban J connectivity index is 2.18. The standard InChI is InChI=1S/C10H13F3N6/c1-2-14-9-17-7(15-4-3-10(11,12)13)6-5-16-19-8(6)18-9/h5H,2-4H2,1H3,(H3,14,15,16,17,18,19). The maximum Gasteiger partial charge on any atom is 0.390 e. The van der Waals surface area contributed by atoms with E-state index >= 15 is 0 Å². The Labute approximate surface area is 106 Å². The lowest BCUT2D eigenvalue weighted by Gasteiger charge is -2.10. The summed E-state index contributed by atoms with van der Waals surface area (Å²) < 4.78 is 36.3. The van der Waals surface area contributed by atoms with Gasteiger partial charge >= 0.3 is 6.18 Å². The van der Waals surface area contributed by atoms with E-state index in [1.807, 2.05) is 6.92 Å². The third kappa shape index (κ3) is 3.46. The highest BCUT2D eigenvalue weighted by molar-refractivity contribution is 5.86. The number of hydrogen-bond donors (Lipinski definition) is 3. The van der Waals surface area contributed by atoms with Gasteiger partial charge in [-0.25, -0.2) is 0 Å². The normalized spacial score (nSPS) is 11.8. The van der Waals surface area contributed by atoms with Crippen LogP contribution < -0.4 is 10.6 Å². The molecular formula is C10H13F3N6. The Bertz CT molecular complexity index is 550. The number of H-pyrrole nitrogens is 1. The van der Waals surface area contributed by atoms with Crippen LogP contribution in [0, 0.1) is 0 Å². The van der Waals surface area contributed by atoms with Crippen LogP contribution in [0.3, 0.4) is 0 Å². The Morgan fingerprint density at radius 3 is 2.74 bits per heavy atom. The zero-order chi connectivity index (χ0) is 13.9. The minimum Gasteiger partial charge on any atom is -0.369 e. The number of fused-ring (bicyclic) bond motifs is 1. The van der Waals surface area contributed by atoms with E-state index < -0.39 is 12.6 Å². The number of rotatable bonds is 5. The first-order valence-electron chi connectivity index (χ1n) is 5.75. The van der Waals surface area contributed by atoms with Crippen LogP contribution in [0.5, 0.6) is 0 Å². The smallest absolute Gasteiger partial charge is 0.369 e. The van der Waals surface area contributed by atoms with Gasteiger partial charge in [0.15, 0.2) is 5.65 Å². The molecule has 0 saturated heterocycles. The van der Waals surface area contributed by atoms with Crippen LogP contribution >= 0.6 is 0 Å². The second-order valence-electron chi connectivity index (χ2n) is 3.85. The summed E-state index contributed by atoms with van der Waals surface area (Å²) in [6.45, 7) is 2.24. The molecule has 2 rings (SSSR count). The number of aromatic nitrogens is 4. The number of halogens is 3. The Kier molecular flexibility index (Phi) is 3.72. The highest BCUT2D eigenvalue weighted by Crippen LogP contribution is 2.22. The van der Waals surface area contributed by atoms with Crippen LogP contribution in [0.15, 0.2) is 6.20 Å². The molecule has 0 aliphatic rings. The van der Waals surface area contributed by atoms with Crippen molar-refractivity contribution in [3.8, 4) is 0 Å². The molecule has 0 aromatic carbocycles. The third-order valence-corrected chi connectivity index (χ3v) is 2.35. The molecule has 6 nitrogen and oxygen atoms in total. The summed E-state index contributed by atoms with van der Waals surface area (Å²) in [6, 6.07) is 0. The molecule has 0 aliphatic heterocycles. The summed E-state index contributed by atoms with van der Waals surface area (Å²) in [5.41, 5.74) is 0.473. The van der Waals surface area contributed by atoms with E-state index in [0.29, 0.717) is 29.3 Å². The van der Waals surface area contributed by atoms with Gasteiger partial charge in [-0.15, -0.1) is 0 Å². The zero-order valence-corrected chi connectivity index (χ0v) is 10.2. The van der Waals surface area contributed by atoms with Gasteiger partial charge in [0, 0.05) is 13.1 Å². The summed E-state index contributed by atoms with van der Waals surface area (Å²) in [7, 11) is 0. The number of anilines is 2. The quantitative estimate of drug-likeness (QED) is 0.778. The topological polar surface area (TPSA) is 78.5 Å². The summed E-state index contributed by atoms with van der Waals surface area (Å²) in [4.78, 5) is 8.26. The monoisotopic (exact) mass is 274 g/mol. The molecule has 0 atom stereocenters. The van der Waals surface area contributed by atoms with Gasteiger partial charge < -0.3 is 10.6 Å². The van der Waals surface area contributed by atoms with Crippen molar-refractivity contribution in [2.75, 3.05) is 23.7 Å². The lowest BCUT2D eigenvalue weighted by Crippen LogP contribution is -2.15. The summed E-state index contributed by atoms with van der Waals surface area (Å²) in [5.74, 6) is 0.674. The van der Waals surface area contributed by atoms with Crippen molar-refractivity contribution in [1.29, 1.82) is 0 Å². The van der Waals surface area contributed by atoms with Crippen LogP contribution in [0.1, 0.15) is 13.3 Å². The highest BCUT2D eigenvalue weighted by Gasteiger charge is 2.26. The zero-order valence-electron chi connectivity index (χ0n) is 10.2. The van der Waals surface area contributed by atoms with Crippen molar-refractivity contribution in [2.24, 2.45) is 0 Å². The molecule has 0 fully saturated rings. The van der Waals surface area contributed by atoms with Gasteiger partial charge in [-0.05, 0) is 6.92 Å². The van der Waals surface area contributed by atoms with Crippen molar-refractivity contribution in [2.45, 2.75) is 19.5 Å². The van der Waals surface area contributed by atoms with E-state index in [4.69, 9.17) is 0 Å². The number of aromatic amines is 1. The third-order valence-electron chi connectivity index (χ3n) is 2.35. The maximum absolute atomic E-state index is 12.1. The second kappa shape index (κ2) is 5.29. The first-order chi connectivity index (χ1) is 8.99. The van der Waals surface area contributed by atoms with E-state index in [2.05, 4.69) is 30.8 Å². The van der Waals surface area contributed by atoms with Gasteiger partial charge in [0.05, 0.1) is 18.0 Å². The number of alkyl halides is 3. The average Bonchev–Trinajstić information content (AvgIpc) is 2.76. The number of nitrogens with zero attached hydrogens (tertiary/aromatic N) is 3. The lowest BCUT2D eigenvalue weighted by molar-refractivity contribution is -0.131. The molecule has 2 aromatic heterocycles. The van der Waals surface area contributed by atoms with E-state index in [1.54, 1.807) is 0 Å². The lowest BCUT2D eigenvalue weighted by atomic mass is 10.3. The second-order valence-corrected chi connectivity index (χ2v) is 3.85. The predicted molar refractivity (Wildman–Crippen MR) is 65.0 cm³/mol. The molecule has 2 heterocycles. The minimum absolute atomic E-state index is 0.244.